The number of benzene rings is 1. The van der Waals surface area contributed by atoms with Crippen LogP contribution in [0.2, 0.25) is 5.02 Å². The van der Waals surface area contributed by atoms with Crippen molar-refractivity contribution in [2.75, 3.05) is 14.2 Å². The van der Waals surface area contributed by atoms with E-state index in [0.29, 0.717) is 24.3 Å². The second kappa shape index (κ2) is 12.0. The summed E-state index contributed by atoms with van der Waals surface area (Å²) in [6.07, 6.45) is 4.81. The van der Waals surface area contributed by atoms with E-state index in [1.54, 1.807) is 27.7 Å². The first-order chi connectivity index (χ1) is 18.3. The number of nitrogens with zero attached hydrogens (tertiary/aromatic N) is 4. The van der Waals surface area contributed by atoms with Gasteiger partial charge < -0.3 is 19.4 Å². The van der Waals surface area contributed by atoms with Gasteiger partial charge in [-0.05, 0) is 29.7 Å². The Morgan fingerprint density at radius 3 is 2.47 bits per heavy atom. The summed E-state index contributed by atoms with van der Waals surface area (Å²) in [5.41, 5.74) is 3.40. The fourth-order valence-electron chi connectivity index (χ4n) is 3.97. The van der Waals surface area contributed by atoms with Crippen molar-refractivity contribution in [3.05, 3.63) is 110 Å². The molecule has 38 heavy (non-hydrogen) atoms. The summed E-state index contributed by atoms with van der Waals surface area (Å²) in [5, 5.41) is 7.37. The van der Waals surface area contributed by atoms with Crippen LogP contribution < -0.4 is 15.6 Å². The van der Waals surface area contributed by atoms with Crippen LogP contribution in [-0.2, 0) is 31.0 Å². The van der Waals surface area contributed by atoms with Crippen molar-refractivity contribution in [3.63, 3.8) is 0 Å². The Morgan fingerprint density at radius 2 is 1.79 bits per heavy atom. The van der Waals surface area contributed by atoms with E-state index in [4.69, 9.17) is 21.1 Å². The molecular weight excluding hydrogens is 513 g/mol. The van der Waals surface area contributed by atoms with Gasteiger partial charge in [-0.15, -0.1) is 0 Å². The number of pyridine rings is 2. The molecule has 0 fully saturated rings. The molecule has 0 aliphatic heterocycles. The van der Waals surface area contributed by atoms with Gasteiger partial charge in [0.25, 0.3) is 11.5 Å². The molecule has 3 heterocycles. The Bertz CT molecular complexity index is 1500. The lowest BCUT2D eigenvalue weighted by molar-refractivity contribution is 0.0945. The fourth-order valence-corrected chi connectivity index (χ4v) is 4.25. The molecule has 0 radical (unpaired) electrons. The molecule has 0 saturated carbocycles. The maximum absolute atomic E-state index is 14.4. The number of carbonyl (C=O) groups excluding carboxylic acids is 1. The highest BCUT2D eigenvalue weighted by atomic mass is 35.5. The normalized spacial score (nSPS) is 11.0. The first kappa shape index (κ1) is 27.0. The van der Waals surface area contributed by atoms with E-state index in [2.05, 4.69) is 15.4 Å². The van der Waals surface area contributed by atoms with Crippen molar-refractivity contribution in [2.45, 2.75) is 33.2 Å². The number of amides is 1. The molecule has 0 aliphatic rings. The van der Waals surface area contributed by atoms with Crippen LogP contribution in [0, 0.1) is 12.7 Å². The number of aryl methyl sites for hydroxylation is 1. The number of aromatic nitrogens is 4. The maximum Gasteiger partial charge on any atom is 0.269 e. The van der Waals surface area contributed by atoms with Crippen molar-refractivity contribution < 1.29 is 18.7 Å². The summed E-state index contributed by atoms with van der Waals surface area (Å²) < 4.78 is 27.8. The highest BCUT2D eigenvalue weighted by Crippen LogP contribution is 2.18. The molecule has 4 aromatic rings. The van der Waals surface area contributed by atoms with Crippen molar-refractivity contribution >= 4 is 17.5 Å². The van der Waals surface area contributed by atoms with Crippen LogP contribution >= 0.6 is 11.6 Å². The van der Waals surface area contributed by atoms with Gasteiger partial charge in [-0.2, -0.15) is 5.10 Å². The van der Waals surface area contributed by atoms with Crippen LogP contribution in [0.1, 0.15) is 38.4 Å². The molecule has 1 amide bonds. The van der Waals surface area contributed by atoms with Gasteiger partial charge in [0.15, 0.2) is 11.6 Å². The lowest BCUT2D eigenvalue weighted by Crippen LogP contribution is -2.24. The summed E-state index contributed by atoms with van der Waals surface area (Å²) in [6.45, 7) is 2.71. The first-order valence-corrected chi connectivity index (χ1v) is 12.1. The Morgan fingerprint density at radius 1 is 1.08 bits per heavy atom. The van der Waals surface area contributed by atoms with E-state index in [1.807, 2.05) is 31.2 Å². The van der Waals surface area contributed by atoms with Gasteiger partial charge in [-0.25, -0.2) is 4.39 Å². The predicted octanol–water partition coefficient (Wildman–Crippen LogP) is 3.72. The second-order valence-electron chi connectivity index (χ2n) is 8.69. The van der Waals surface area contributed by atoms with Crippen LogP contribution in [0.25, 0.3) is 0 Å². The van der Waals surface area contributed by atoms with E-state index >= 15 is 0 Å². The van der Waals surface area contributed by atoms with Crippen molar-refractivity contribution in [1.82, 2.24) is 24.6 Å². The Balaban J connectivity index is 1.45. The fraction of sp³-hybridized carbons (Fsp3) is 0.259. The van der Waals surface area contributed by atoms with Crippen LogP contribution in [-0.4, -0.2) is 39.5 Å². The zero-order valence-corrected chi connectivity index (χ0v) is 22.0. The minimum absolute atomic E-state index is 0.0536. The quantitative estimate of drug-likeness (QED) is 0.330. The molecule has 0 saturated heterocycles. The average molecular weight is 540 g/mol. The number of nitrogens with one attached hydrogen (secondary N) is 1. The van der Waals surface area contributed by atoms with Crippen molar-refractivity contribution in [2.24, 2.45) is 0 Å². The molecule has 0 bridgehead atoms. The Labute approximate surface area is 223 Å². The van der Waals surface area contributed by atoms with Gasteiger partial charge in [0.2, 0.25) is 0 Å². The van der Waals surface area contributed by atoms with Gasteiger partial charge in [-0.3, -0.25) is 19.3 Å². The summed E-state index contributed by atoms with van der Waals surface area (Å²) in [4.78, 5) is 29.2. The highest BCUT2D eigenvalue weighted by molar-refractivity contribution is 6.30. The van der Waals surface area contributed by atoms with Crippen LogP contribution in [0.5, 0.6) is 5.75 Å². The number of rotatable bonds is 10. The summed E-state index contributed by atoms with van der Waals surface area (Å²) in [7, 11) is 2.88. The van der Waals surface area contributed by atoms with Crippen LogP contribution in [0.3, 0.4) is 0 Å². The van der Waals surface area contributed by atoms with Gasteiger partial charge in [0.1, 0.15) is 10.7 Å². The number of carbonyl (C=O) groups is 1. The van der Waals surface area contributed by atoms with E-state index in [9.17, 15) is 14.0 Å². The average Bonchev–Trinajstić information content (AvgIpc) is 3.29. The molecular formula is C27H27ClFN5O4. The smallest absolute Gasteiger partial charge is 0.269 e. The molecule has 0 unspecified atom stereocenters. The van der Waals surface area contributed by atoms with Gasteiger partial charge in [0, 0.05) is 31.8 Å². The van der Waals surface area contributed by atoms with E-state index in [-0.39, 0.29) is 35.2 Å². The molecule has 1 aromatic carbocycles. The number of methoxy groups -OCH3 is 2. The van der Waals surface area contributed by atoms with Gasteiger partial charge >= 0.3 is 0 Å². The number of ether oxygens (including phenoxy) is 2. The molecule has 3 aromatic heterocycles. The monoisotopic (exact) mass is 539 g/mol. The second-order valence-corrected chi connectivity index (χ2v) is 9.10. The lowest BCUT2D eigenvalue weighted by Gasteiger charge is -2.09. The topological polar surface area (TPSA) is 100 Å². The molecule has 198 valence electrons. The van der Waals surface area contributed by atoms with E-state index < -0.39 is 11.7 Å². The number of hydrogen-bond donors (Lipinski definition) is 1. The molecule has 0 atom stereocenters. The minimum Gasteiger partial charge on any atom is -0.494 e. The van der Waals surface area contributed by atoms with Crippen molar-refractivity contribution in [3.8, 4) is 5.75 Å². The van der Waals surface area contributed by atoms with Crippen molar-refractivity contribution in [1.29, 1.82) is 0 Å². The third-order valence-corrected chi connectivity index (χ3v) is 6.10. The summed E-state index contributed by atoms with van der Waals surface area (Å²) in [6, 6.07) is 10.8. The maximum atomic E-state index is 14.4. The SMILES string of the molecule is COCc1nn(Cc2ccc(Cn3cc(C)cc(Cl)c3=O)cc2)cc1C(=O)NCc1nccc(OC)c1F. The molecule has 0 aliphatic carbocycles. The predicted molar refractivity (Wildman–Crippen MR) is 140 cm³/mol. The first-order valence-electron chi connectivity index (χ1n) is 11.7. The number of hydrogen-bond acceptors (Lipinski definition) is 6. The highest BCUT2D eigenvalue weighted by Gasteiger charge is 2.18. The number of halogens is 2. The van der Waals surface area contributed by atoms with Crippen LogP contribution in [0.4, 0.5) is 4.39 Å². The Hall–Kier alpha value is -4.02. The third kappa shape index (κ3) is 6.27. The summed E-state index contributed by atoms with van der Waals surface area (Å²) in [5.74, 6) is -0.996. The standard InChI is InChI=1S/C27H27ClFN5O4/c1-17-10-21(28)27(36)33(12-17)13-18-4-6-19(7-5-18)14-34-15-20(23(32-34)16-37-2)26(35)31-11-22-25(29)24(38-3)8-9-30-22/h4-10,12,15H,11,13-14,16H2,1-3H3,(H,31,35). The van der Waals surface area contributed by atoms with Gasteiger partial charge in [-0.1, -0.05) is 35.9 Å². The minimum atomic E-state index is -0.623. The third-order valence-electron chi connectivity index (χ3n) is 5.83. The van der Waals surface area contributed by atoms with Crippen LogP contribution in [0.15, 0.2) is 59.8 Å². The van der Waals surface area contributed by atoms with Gasteiger partial charge in [0.05, 0.1) is 44.6 Å². The summed E-state index contributed by atoms with van der Waals surface area (Å²) >= 11 is 6.03. The van der Waals surface area contributed by atoms with E-state index in [1.165, 1.54) is 26.5 Å². The Kier molecular flexibility index (Phi) is 8.55. The molecule has 11 heteroatoms. The lowest BCUT2D eigenvalue weighted by atomic mass is 10.1. The molecule has 9 nitrogen and oxygen atoms in total. The molecule has 4 rings (SSSR count). The zero-order valence-electron chi connectivity index (χ0n) is 21.2. The largest absolute Gasteiger partial charge is 0.494 e. The zero-order chi connectivity index (χ0) is 27.2. The molecule has 1 N–H and O–H groups in total. The molecule has 0 spiro atoms. The van der Waals surface area contributed by atoms with E-state index in [0.717, 1.165) is 16.7 Å².